The Hall–Kier alpha value is -5.18. The number of carbonyl (C=O) groups is 2. The molecule has 0 heterocycles. The number of rotatable bonds is 4. The Morgan fingerprint density at radius 3 is 1.06 bits per heavy atom. The minimum Gasteiger partial charge on any atom is -0.508 e. The maximum absolute atomic E-state index is 12.0. The molecule has 0 amide bonds. The van der Waals surface area contributed by atoms with Crippen molar-refractivity contribution in [3.63, 3.8) is 0 Å². The van der Waals surface area contributed by atoms with Crippen molar-refractivity contribution in [3.05, 3.63) is 101 Å². The minimum atomic E-state index is -0.606. The molecule has 9 nitrogen and oxygen atoms in total. The SMILES string of the molecule is O=C(c1ccc(O)cc1)c1ccc(O)cc1O.O=C(c1ccc(O)cc1O)c1ccc(O)cc1O. The minimum absolute atomic E-state index is 0.0474. The summed E-state index contributed by atoms with van der Waals surface area (Å²) >= 11 is 0. The van der Waals surface area contributed by atoms with Crippen LogP contribution in [0, 0.1) is 0 Å². The second kappa shape index (κ2) is 10.2. The fourth-order valence-corrected chi connectivity index (χ4v) is 3.05. The number of hydrogen-bond acceptors (Lipinski definition) is 9. The summed E-state index contributed by atoms with van der Waals surface area (Å²) in [6.45, 7) is 0. The van der Waals surface area contributed by atoms with Crippen LogP contribution in [-0.2, 0) is 0 Å². The molecule has 0 aromatic heterocycles. The Morgan fingerprint density at radius 2 is 0.714 bits per heavy atom. The Morgan fingerprint density at radius 1 is 0.400 bits per heavy atom. The first-order valence-corrected chi connectivity index (χ1v) is 10.0. The van der Waals surface area contributed by atoms with Gasteiger partial charge in [0.2, 0.25) is 0 Å². The van der Waals surface area contributed by atoms with Crippen molar-refractivity contribution < 1.29 is 45.3 Å². The van der Waals surface area contributed by atoms with Crippen molar-refractivity contribution in [2.24, 2.45) is 0 Å². The smallest absolute Gasteiger partial charge is 0.200 e. The monoisotopic (exact) mass is 476 g/mol. The molecule has 0 unspecified atom stereocenters. The average Bonchev–Trinajstić information content (AvgIpc) is 2.79. The Balaban J connectivity index is 0.000000196. The van der Waals surface area contributed by atoms with Crippen molar-refractivity contribution in [2.45, 2.75) is 0 Å². The first-order valence-electron chi connectivity index (χ1n) is 10.0. The molecule has 7 N–H and O–H groups in total. The van der Waals surface area contributed by atoms with Crippen LogP contribution < -0.4 is 0 Å². The van der Waals surface area contributed by atoms with Crippen LogP contribution in [0.4, 0.5) is 0 Å². The number of ketones is 2. The normalized spacial score (nSPS) is 10.2. The summed E-state index contributed by atoms with van der Waals surface area (Å²) in [6.07, 6.45) is 0. The van der Waals surface area contributed by atoms with Crippen molar-refractivity contribution in [2.75, 3.05) is 0 Å². The van der Waals surface area contributed by atoms with Crippen LogP contribution in [0.1, 0.15) is 31.8 Å². The molecule has 0 radical (unpaired) electrons. The first kappa shape index (κ1) is 24.5. The summed E-state index contributed by atoms with van der Waals surface area (Å²) in [7, 11) is 0. The molecule has 4 aromatic rings. The number of benzene rings is 4. The molecule has 35 heavy (non-hydrogen) atoms. The fourth-order valence-electron chi connectivity index (χ4n) is 3.05. The summed E-state index contributed by atoms with van der Waals surface area (Å²) in [5.41, 5.74) is 0.361. The highest BCUT2D eigenvalue weighted by molar-refractivity contribution is 6.12. The molecule has 9 heteroatoms. The average molecular weight is 476 g/mol. The number of hydrogen-bond donors (Lipinski definition) is 7. The van der Waals surface area contributed by atoms with Crippen LogP contribution in [0.5, 0.6) is 40.2 Å². The van der Waals surface area contributed by atoms with Gasteiger partial charge in [0.25, 0.3) is 0 Å². The van der Waals surface area contributed by atoms with E-state index in [1.807, 2.05) is 0 Å². The van der Waals surface area contributed by atoms with E-state index in [-0.39, 0.29) is 62.7 Å². The first-order chi connectivity index (χ1) is 16.6. The Bertz CT molecular complexity index is 1340. The molecule has 0 fully saturated rings. The van der Waals surface area contributed by atoms with Crippen molar-refractivity contribution in [1.82, 2.24) is 0 Å². The van der Waals surface area contributed by atoms with Gasteiger partial charge in [-0.1, -0.05) is 0 Å². The van der Waals surface area contributed by atoms with Gasteiger partial charge in [0.1, 0.15) is 40.2 Å². The third-order valence-electron chi connectivity index (χ3n) is 4.81. The van der Waals surface area contributed by atoms with E-state index in [2.05, 4.69) is 0 Å². The lowest BCUT2D eigenvalue weighted by Gasteiger charge is -2.06. The van der Waals surface area contributed by atoms with E-state index in [4.69, 9.17) is 20.4 Å². The summed E-state index contributed by atoms with van der Waals surface area (Å²) in [5.74, 6) is -2.39. The highest BCUT2D eigenvalue weighted by Crippen LogP contribution is 2.30. The maximum atomic E-state index is 12.0. The standard InChI is InChI=1S/C13H10O5.C13H10O4/c14-7-1-3-9(11(16)5-7)13(18)10-4-2-8(15)6-12(10)17;14-9-3-1-8(2-4-9)13(17)11-6-5-10(15)7-12(11)16/h1-6,14-17H;1-7,14-16H. The number of aromatic hydroxyl groups is 7. The predicted octanol–water partition coefficient (Wildman–Crippen LogP) is 3.77. The van der Waals surface area contributed by atoms with E-state index in [0.29, 0.717) is 5.56 Å². The van der Waals surface area contributed by atoms with E-state index in [1.165, 1.54) is 60.7 Å². The van der Waals surface area contributed by atoms with E-state index in [1.54, 1.807) is 0 Å². The molecule has 0 aliphatic carbocycles. The molecular weight excluding hydrogens is 456 g/mol. The molecule has 0 bridgehead atoms. The summed E-state index contributed by atoms with van der Waals surface area (Å²) < 4.78 is 0. The molecule has 178 valence electrons. The van der Waals surface area contributed by atoms with E-state index >= 15 is 0 Å². The van der Waals surface area contributed by atoms with Crippen LogP contribution >= 0.6 is 0 Å². The Labute approximate surface area is 198 Å². The van der Waals surface area contributed by atoms with Crippen LogP contribution in [-0.4, -0.2) is 47.3 Å². The molecule has 0 saturated heterocycles. The van der Waals surface area contributed by atoms with Gasteiger partial charge in [-0.05, 0) is 60.7 Å². The number of phenolic OH excluding ortho intramolecular Hbond substituents is 7. The lowest BCUT2D eigenvalue weighted by molar-refractivity contribution is 0.102. The van der Waals surface area contributed by atoms with Gasteiger partial charge in [0.05, 0.1) is 16.7 Å². The van der Waals surface area contributed by atoms with Crippen LogP contribution in [0.3, 0.4) is 0 Å². The largest absolute Gasteiger partial charge is 0.508 e. The van der Waals surface area contributed by atoms with Crippen molar-refractivity contribution in [3.8, 4) is 40.2 Å². The third kappa shape index (κ3) is 5.79. The van der Waals surface area contributed by atoms with Gasteiger partial charge < -0.3 is 35.7 Å². The maximum Gasteiger partial charge on any atom is 0.200 e. The molecule has 4 rings (SSSR count). The van der Waals surface area contributed by atoms with Gasteiger partial charge in [-0.2, -0.15) is 0 Å². The predicted molar refractivity (Wildman–Crippen MR) is 124 cm³/mol. The van der Waals surface area contributed by atoms with Gasteiger partial charge in [0, 0.05) is 23.8 Å². The van der Waals surface area contributed by atoms with Crippen molar-refractivity contribution in [1.29, 1.82) is 0 Å². The lowest BCUT2D eigenvalue weighted by Crippen LogP contribution is -2.01. The molecule has 0 aliphatic heterocycles. The third-order valence-corrected chi connectivity index (χ3v) is 4.81. The number of carbonyl (C=O) groups excluding carboxylic acids is 2. The second-order valence-corrected chi connectivity index (χ2v) is 7.31. The van der Waals surface area contributed by atoms with Gasteiger partial charge >= 0.3 is 0 Å². The molecule has 4 aromatic carbocycles. The summed E-state index contributed by atoms with van der Waals surface area (Å²) in [6, 6.07) is 16.6. The van der Waals surface area contributed by atoms with Crippen LogP contribution in [0.15, 0.2) is 78.9 Å². The molecular formula is C26H20O9. The second-order valence-electron chi connectivity index (χ2n) is 7.31. The highest BCUT2D eigenvalue weighted by Gasteiger charge is 2.17. The fraction of sp³-hybridized carbons (Fsp3) is 0. The summed E-state index contributed by atoms with van der Waals surface area (Å²) in [5, 5.41) is 65.1. The quantitative estimate of drug-likeness (QED) is 0.216. The molecule has 0 aliphatic rings. The zero-order valence-corrected chi connectivity index (χ0v) is 18.0. The van der Waals surface area contributed by atoms with Crippen LogP contribution in [0.25, 0.3) is 0 Å². The topological polar surface area (TPSA) is 176 Å². The molecule has 0 spiro atoms. The lowest BCUT2D eigenvalue weighted by atomic mass is 10.0. The molecule has 0 saturated carbocycles. The van der Waals surface area contributed by atoms with Crippen LogP contribution in [0.2, 0.25) is 0 Å². The summed E-state index contributed by atoms with van der Waals surface area (Å²) in [4.78, 5) is 24.0. The zero-order valence-electron chi connectivity index (χ0n) is 18.0. The van der Waals surface area contributed by atoms with Gasteiger partial charge in [-0.3, -0.25) is 9.59 Å². The van der Waals surface area contributed by atoms with E-state index < -0.39 is 5.78 Å². The van der Waals surface area contributed by atoms with Gasteiger partial charge in [-0.15, -0.1) is 0 Å². The number of phenols is 7. The van der Waals surface area contributed by atoms with Crippen molar-refractivity contribution >= 4 is 11.6 Å². The zero-order chi connectivity index (χ0) is 25.7. The van der Waals surface area contributed by atoms with Gasteiger partial charge in [0.15, 0.2) is 11.6 Å². The Kier molecular flexibility index (Phi) is 7.11. The van der Waals surface area contributed by atoms with Gasteiger partial charge in [-0.25, -0.2) is 0 Å². The highest BCUT2D eigenvalue weighted by atomic mass is 16.3. The molecule has 0 atom stereocenters. The van der Waals surface area contributed by atoms with E-state index in [9.17, 15) is 24.9 Å². The van der Waals surface area contributed by atoms with E-state index in [0.717, 1.165) is 18.2 Å².